The van der Waals surface area contributed by atoms with Crippen molar-refractivity contribution < 1.29 is 27.1 Å². The number of halogens is 3. The number of hydrogen-bond donors (Lipinski definition) is 1. The predicted molar refractivity (Wildman–Crippen MR) is 109 cm³/mol. The lowest BCUT2D eigenvalue weighted by molar-refractivity contribution is -0.153. The summed E-state index contributed by atoms with van der Waals surface area (Å²) in [5, 5.41) is 2.40. The van der Waals surface area contributed by atoms with E-state index in [1.54, 1.807) is 49.6 Å². The van der Waals surface area contributed by atoms with Crippen LogP contribution in [0.4, 0.5) is 18.9 Å². The summed E-state index contributed by atoms with van der Waals surface area (Å²) in [7, 11) is 1.66. The van der Waals surface area contributed by atoms with Gasteiger partial charge in [-0.1, -0.05) is 25.1 Å². The van der Waals surface area contributed by atoms with Crippen LogP contribution in [0.2, 0.25) is 0 Å². The van der Waals surface area contributed by atoms with Gasteiger partial charge in [-0.3, -0.25) is 9.78 Å². The number of rotatable bonds is 8. The number of aryl methyl sites for hydroxylation is 1. The van der Waals surface area contributed by atoms with Gasteiger partial charge in [0.1, 0.15) is 0 Å². The Hall–Kier alpha value is -3.20. The van der Waals surface area contributed by atoms with Crippen LogP contribution < -0.4 is 5.32 Å². The Morgan fingerprint density at radius 1 is 1.19 bits per heavy atom. The van der Waals surface area contributed by atoms with Gasteiger partial charge in [0.15, 0.2) is 5.69 Å². The van der Waals surface area contributed by atoms with E-state index in [0.29, 0.717) is 12.0 Å². The lowest BCUT2D eigenvalue weighted by atomic mass is 10.1. The molecule has 0 radical (unpaired) electrons. The van der Waals surface area contributed by atoms with Crippen molar-refractivity contribution in [2.75, 3.05) is 12.4 Å². The molecule has 164 valence electrons. The number of carbonyl (C=O) groups is 1. The molecule has 0 spiro atoms. The van der Waals surface area contributed by atoms with Gasteiger partial charge in [-0.15, -0.1) is 0 Å². The Balaban J connectivity index is 1.76. The molecule has 0 saturated heterocycles. The van der Waals surface area contributed by atoms with Gasteiger partial charge in [0, 0.05) is 18.4 Å². The molecule has 1 unspecified atom stereocenters. The maximum absolute atomic E-state index is 13.4. The minimum atomic E-state index is -4.87. The molecular formula is C22H22F3N3O3. The minimum Gasteiger partial charge on any atom is -0.431 e. The average molecular weight is 433 g/mol. The van der Waals surface area contributed by atoms with Crippen molar-refractivity contribution in [3.63, 3.8) is 0 Å². The summed E-state index contributed by atoms with van der Waals surface area (Å²) in [5.41, 5.74) is 0.544. The van der Waals surface area contributed by atoms with Crippen LogP contribution in [-0.4, -0.2) is 29.1 Å². The molecule has 2 heterocycles. The number of benzene rings is 1. The average Bonchev–Trinajstić information content (AvgIpc) is 3.23. The van der Waals surface area contributed by atoms with Crippen molar-refractivity contribution in [2.45, 2.75) is 38.5 Å². The van der Waals surface area contributed by atoms with Crippen LogP contribution in [0.25, 0.3) is 11.5 Å². The number of pyridine rings is 1. The van der Waals surface area contributed by atoms with E-state index in [1.807, 2.05) is 6.92 Å². The van der Waals surface area contributed by atoms with Crippen molar-refractivity contribution in [3.05, 3.63) is 65.8 Å². The zero-order valence-electron chi connectivity index (χ0n) is 17.1. The molecule has 0 saturated carbocycles. The Morgan fingerprint density at radius 3 is 2.52 bits per heavy atom. The molecule has 6 nitrogen and oxygen atoms in total. The highest BCUT2D eigenvalue weighted by Crippen LogP contribution is 2.35. The first kappa shape index (κ1) is 22.5. The number of anilines is 1. The molecule has 1 atom stereocenters. The van der Waals surface area contributed by atoms with E-state index >= 15 is 0 Å². The van der Waals surface area contributed by atoms with Gasteiger partial charge in [0.05, 0.1) is 18.0 Å². The number of methoxy groups -OCH3 is 1. The van der Waals surface area contributed by atoms with E-state index in [9.17, 15) is 18.0 Å². The number of ether oxygens (including phenoxy) is 1. The normalized spacial score (nSPS) is 12.5. The van der Waals surface area contributed by atoms with Crippen LogP contribution in [0.15, 0.2) is 53.1 Å². The topological polar surface area (TPSA) is 77.3 Å². The predicted octanol–water partition coefficient (Wildman–Crippen LogP) is 5.37. The number of hydrogen-bond acceptors (Lipinski definition) is 5. The smallest absolute Gasteiger partial charge is 0.431 e. The van der Waals surface area contributed by atoms with Crippen LogP contribution in [0.1, 0.15) is 41.7 Å². The van der Waals surface area contributed by atoms with Crippen molar-refractivity contribution >= 4 is 11.6 Å². The first-order chi connectivity index (χ1) is 14.8. The molecule has 1 amide bonds. The summed E-state index contributed by atoms with van der Waals surface area (Å²) in [6.45, 7) is 2.03. The highest BCUT2D eigenvalue weighted by atomic mass is 19.4. The van der Waals surface area contributed by atoms with E-state index < -0.39 is 23.5 Å². The maximum Gasteiger partial charge on any atom is 0.452 e. The molecule has 0 bridgehead atoms. The number of alkyl halides is 3. The van der Waals surface area contributed by atoms with E-state index in [2.05, 4.69) is 15.3 Å². The quantitative estimate of drug-likeness (QED) is 0.517. The Bertz CT molecular complexity index is 998. The molecule has 0 aliphatic heterocycles. The number of amides is 1. The summed E-state index contributed by atoms with van der Waals surface area (Å²) in [6, 6.07) is 11.4. The largest absolute Gasteiger partial charge is 0.452 e. The van der Waals surface area contributed by atoms with Crippen molar-refractivity contribution in [2.24, 2.45) is 0 Å². The molecule has 9 heteroatoms. The molecule has 1 aromatic carbocycles. The molecule has 0 fully saturated rings. The van der Waals surface area contributed by atoms with Gasteiger partial charge in [-0.2, -0.15) is 13.2 Å². The highest BCUT2D eigenvalue weighted by molar-refractivity contribution is 6.03. The van der Waals surface area contributed by atoms with Crippen molar-refractivity contribution in [1.29, 1.82) is 0 Å². The molecule has 2 aromatic heterocycles. The molecule has 3 rings (SSSR count). The fourth-order valence-corrected chi connectivity index (χ4v) is 3.00. The van der Waals surface area contributed by atoms with Gasteiger partial charge >= 0.3 is 6.18 Å². The lowest BCUT2D eigenvalue weighted by Gasteiger charge is -2.12. The van der Waals surface area contributed by atoms with E-state index in [1.165, 1.54) is 6.20 Å². The van der Waals surface area contributed by atoms with E-state index in [4.69, 9.17) is 9.15 Å². The second kappa shape index (κ2) is 9.74. The summed E-state index contributed by atoms with van der Waals surface area (Å²) in [5.74, 6) is -2.76. The summed E-state index contributed by atoms with van der Waals surface area (Å²) in [4.78, 5) is 20.6. The van der Waals surface area contributed by atoms with E-state index in [-0.39, 0.29) is 17.7 Å². The summed E-state index contributed by atoms with van der Waals surface area (Å²) < 4.78 is 50.4. The second-order valence-electron chi connectivity index (χ2n) is 6.86. The molecule has 0 aliphatic carbocycles. The zero-order valence-corrected chi connectivity index (χ0v) is 17.1. The number of aromatic nitrogens is 2. The van der Waals surface area contributed by atoms with Gasteiger partial charge in [-0.05, 0) is 43.5 Å². The lowest BCUT2D eigenvalue weighted by Crippen LogP contribution is -2.18. The number of oxazole rings is 1. The third-order valence-electron chi connectivity index (χ3n) is 4.71. The SMILES string of the molecule is CCC(CCc1ccc(NC(=O)c2nc(-c3ccccc3)oc2C(F)(F)F)cn1)OC. The van der Waals surface area contributed by atoms with Crippen molar-refractivity contribution in [3.8, 4) is 11.5 Å². The fourth-order valence-electron chi connectivity index (χ4n) is 3.00. The molecule has 1 N–H and O–H groups in total. The van der Waals surface area contributed by atoms with Crippen LogP contribution in [-0.2, 0) is 17.3 Å². The first-order valence-electron chi connectivity index (χ1n) is 9.74. The highest BCUT2D eigenvalue weighted by Gasteiger charge is 2.42. The Labute approximate surface area is 177 Å². The van der Waals surface area contributed by atoms with Gasteiger partial charge < -0.3 is 14.5 Å². The van der Waals surface area contributed by atoms with Crippen LogP contribution in [0.3, 0.4) is 0 Å². The standard InChI is InChI=1S/C22H22F3N3O3/c1-3-17(30-2)12-11-15-9-10-16(13-26-15)27-20(29)18-19(22(23,24)25)31-21(28-18)14-7-5-4-6-8-14/h4-10,13,17H,3,11-12H2,1-2H3,(H,27,29). The van der Waals surface area contributed by atoms with Crippen molar-refractivity contribution in [1.82, 2.24) is 9.97 Å². The second-order valence-corrected chi connectivity index (χ2v) is 6.86. The Morgan fingerprint density at radius 2 is 1.94 bits per heavy atom. The van der Waals surface area contributed by atoms with Crippen LogP contribution in [0.5, 0.6) is 0 Å². The minimum absolute atomic E-state index is 0.132. The number of nitrogens with one attached hydrogen (secondary N) is 1. The Kier molecular flexibility index (Phi) is 7.06. The third kappa shape index (κ3) is 5.69. The maximum atomic E-state index is 13.4. The summed E-state index contributed by atoms with van der Waals surface area (Å²) >= 11 is 0. The van der Waals surface area contributed by atoms with Crippen LogP contribution >= 0.6 is 0 Å². The van der Waals surface area contributed by atoms with E-state index in [0.717, 1.165) is 18.5 Å². The molecule has 3 aromatic rings. The zero-order chi connectivity index (χ0) is 22.4. The van der Waals surface area contributed by atoms with Crippen LogP contribution in [0, 0.1) is 0 Å². The number of nitrogens with zero attached hydrogens (tertiary/aromatic N) is 2. The first-order valence-corrected chi connectivity index (χ1v) is 9.74. The molecular weight excluding hydrogens is 411 g/mol. The van der Waals surface area contributed by atoms with Gasteiger partial charge in [0.25, 0.3) is 5.91 Å². The van der Waals surface area contributed by atoms with Gasteiger partial charge in [-0.25, -0.2) is 4.98 Å². The van der Waals surface area contributed by atoms with Gasteiger partial charge in [0.2, 0.25) is 11.7 Å². The molecule has 0 aliphatic rings. The monoisotopic (exact) mass is 433 g/mol. The third-order valence-corrected chi connectivity index (χ3v) is 4.71. The molecule has 31 heavy (non-hydrogen) atoms. The fraction of sp³-hybridized carbons (Fsp3) is 0.318. The summed E-state index contributed by atoms with van der Waals surface area (Å²) in [6.07, 6.45) is -0.981. The number of carbonyl (C=O) groups excluding carboxylic acids is 1.